The van der Waals surface area contributed by atoms with Crippen LogP contribution in [0.5, 0.6) is 0 Å². The van der Waals surface area contributed by atoms with E-state index in [2.05, 4.69) is 26.3 Å². The first-order valence-corrected chi connectivity index (χ1v) is 11.6. The van der Waals surface area contributed by atoms with E-state index in [0.29, 0.717) is 40.4 Å². The average Bonchev–Trinajstić information content (AvgIpc) is 3.32. The van der Waals surface area contributed by atoms with Gasteiger partial charge in [-0.1, -0.05) is 6.07 Å². The zero-order valence-corrected chi connectivity index (χ0v) is 18.7. The van der Waals surface area contributed by atoms with Gasteiger partial charge in [-0.3, -0.25) is 9.18 Å². The summed E-state index contributed by atoms with van der Waals surface area (Å²) < 4.78 is 13.1. The van der Waals surface area contributed by atoms with E-state index in [9.17, 15) is 9.18 Å². The van der Waals surface area contributed by atoms with Gasteiger partial charge in [0.25, 0.3) is 5.91 Å². The number of nitrogen functional groups attached to an aromatic ring is 1. The molecular weight excluding hydrogens is 429 g/mol. The fraction of sp³-hybridized carbons (Fsp3) is 0.455. The van der Waals surface area contributed by atoms with Crippen molar-refractivity contribution in [3.8, 4) is 0 Å². The lowest BCUT2D eigenvalue weighted by atomic mass is 9.91. The number of pyridine rings is 1. The van der Waals surface area contributed by atoms with Gasteiger partial charge in [0.05, 0.1) is 18.1 Å². The Morgan fingerprint density at radius 1 is 1.34 bits per heavy atom. The van der Waals surface area contributed by atoms with Gasteiger partial charge in [0.2, 0.25) is 0 Å². The zero-order valence-electron chi connectivity index (χ0n) is 17.8. The maximum absolute atomic E-state index is 13.1. The Hall–Kier alpha value is -2.85. The Kier molecular flexibility index (Phi) is 5.42. The minimum atomic E-state index is -0.403. The average molecular weight is 456 g/mol. The summed E-state index contributed by atoms with van der Waals surface area (Å²) in [4.78, 5) is 29.7. The summed E-state index contributed by atoms with van der Waals surface area (Å²) in [5.41, 5.74) is 16.1. The number of nitrogens with one attached hydrogen (secondary N) is 1. The van der Waals surface area contributed by atoms with Crippen LogP contribution in [0.1, 0.15) is 33.0 Å². The molecule has 5 N–H and O–H groups in total. The van der Waals surface area contributed by atoms with Crippen molar-refractivity contribution in [1.29, 1.82) is 0 Å². The number of amides is 1. The second-order valence-corrected chi connectivity index (χ2v) is 9.68. The topological polar surface area (TPSA) is 123 Å². The Morgan fingerprint density at radius 2 is 2.19 bits per heavy atom. The molecule has 10 heteroatoms. The monoisotopic (exact) mass is 455 g/mol. The predicted octanol–water partition coefficient (Wildman–Crippen LogP) is 2.00. The number of aryl methyl sites for hydroxylation is 2. The zero-order chi connectivity index (χ0) is 22.4. The van der Waals surface area contributed by atoms with Crippen LogP contribution in [0.2, 0.25) is 0 Å². The molecule has 4 heterocycles. The van der Waals surface area contributed by atoms with Crippen LogP contribution >= 0.6 is 11.3 Å². The molecule has 1 fully saturated rings. The van der Waals surface area contributed by atoms with Crippen molar-refractivity contribution in [2.75, 3.05) is 30.4 Å². The lowest BCUT2D eigenvalue weighted by Crippen LogP contribution is -2.39. The summed E-state index contributed by atoms with van der Waals surface area (Å²) in [6.45, 7) is 2.68. The molecule has 168 valence electrons. The number of carbonyl (C=O) groups is 1. The van der Waals surface area contributed by atoms with E-state index in [1.165, 1.54) is 11.3 Å². The number of carbonyl (C=O) groups excluding carboxylic acids is 1. The first-order chi connectivity index (χ1) is 15.4. The third-order valence-corrected chi connectivity index (χ3v) is 7.45. The van der Waals surface area contributed by atoms with Gasteiger partial charge in [0.15, 0.2) is 0 Å². The Bertz CT molecular complexity index is 1180. The van der Waals surface area contributed by atoms with Crippen LogP contribution in [0.15, 0.2) is 18.3 Å². The summed E-state index contributed by atoms with van der Waals surface area (Å²) in [6, 6.07) is 3.88. The van der Waals surface area contributed by atoms with Crippen LogP contribution < -0.4 is 21.7 Å². The van der Waals surface area contributed by atoms with E-state index in [1.54, 1.807) is 6.20 Å². The standard InChI is InChI=1S/C22H26FN7OS/c1-11-8-26-19-18(25)20(32-22(19)27-11)21(31)28-14-3-4-16-12(6-14)2-5-17(29-16)30-9-13(7-23)15(24)10-30/h2,5,8,13-15H,3-4,6-7,9-10,24-25H2,1H3,(H,28,31). The lowest BCUT2D eigenvalue weighted by molar-refractivity contribution is 0.0938. The van der Waals surface area contributed by atoms with Crippen LogP contribution in [-0.2, 0) is 12.8 Å². The van der Waals surface area contributed by atoms with Crippen LogP contribution in [0.25, 0.3) is 10.3 Å². The third-order valence-electron chi connectivity index (χ3n) is 6.36. The van der Waals surface area contributed by atoms with Crippen molar-refractivity contribution >= 4 is 39.1 Å². The molecule has 1 aliphatic heterocycles. The number of hydrogen-bond acceptors (Lipinski definition) is 8. The highest BCUT2D eigenvalue weighted by atomic mass is 32.1. The second-order valence-electron chi connectivity index (χ2n) is 8.68. The fourth-order valence-corrected chi connectivity index (χ4v) is 5.54. The predicted molar refractivity (Wildman–Crippen MR) is 124 cm³/mol. The van der Waals surface area contributed by atoms with E-state index in [1.807, 2.05) is 13.0 Å². The molecule has 5 rings (SSSR count). The Labute approximate surface area is 189 Å². The maximum atomic E-state index is 13.1. The quantitative estimate of drug-likeness (QED) is 0.550. The summed E-state index contributed by atoms with van der Waals surface area (Å²) in [5, 5.41) is 3.12. The number of fused-ring (bicyclic) bond motifs is 2. The summed E-state index contributed by atoms with van der Waals surface area (Å²) in [6.07, 6.45) is 3.92. The molecular formula is C22H26FN7OS. The number of aromatic nitrogens is 3. The number of thiophene rings is 1. The van der Waals surface area contributed by atoms with E-state index in [-0.39, 0.29) is 23.9 Å². The van der Waals surface area contributed by atoms with Crippen molar-refractivity contribution in [2.45, 2.75) is 38.3 Å². The molecule has 0 radical (unpaired) electrons. The smallest absolute Gasteiger partial charge is 0.263 e. The van der Waals surface area contributed by atoms with Gasteiger partial charge in [0, 0.05) is 43.0 Å². The second kappa shape index (κ2) is 8.25. The Balaban J connectivity index is 1.28. The fourth-order valence-electron chi connectivity index (χ4n) is 4.54. The molecule has 2 aliphatic rings. The molecule has 1 amide bonds. The molecule has 3 aromatic rings. The van der Waals surface area contributed by atoms with Gasteiger partial charge in [-0.05, 0) is 37.8 Å². The van der Waals surface area contributed by atoms with Crippen LogP contribution in [0.4, 0.5) is 15.9 Å². The minimum Gasteiger partial charge on any atom is -0.396 e. The van der Waals surface area contributed by atoms with Gasteiger partial charge in [-0.2, -0.15) is 0 Å². The van der Waals surface area contributed by atoms with Crippen molar-refractivity contribution in [3.63, 3.8) is 0 Å². The number of hydrogen-bond donors (Lipinski definition) is 3. The van der Waals surface area contributed by atoms with Crippen molar-refractivity contribution < 1.29 is 9.18 Å². The van der Waals surface area contributed by atoms with Crippen LogP contribution in [-0.4, -0.2) is 52.7 Å². The molecule has 3 unspecified atom stereocenters. The van der Waals surface area contributed by atoms with Crippen LogP contribution in [0.3, 0.4) is 0 Å². The highest BCUT2D eigenvalue weighted by Crippen LogP contribution is 2.32. The lowest BCUT2D eigenvalue weighted by Gasteiger charge is -2.26. The van der Waals surface area contributed by atoms with Crippen LogP contribution in [0, 0.1) is 12.8 Å². The molecule has 0 saturated carbocycles. The molecule has 3 aromatic heterocycles. The van der Waals surface area contributed by atoms with Gasteiger partial charge >= 0.3 is 0 Å². The highest BCUT2D eigenvalue weighted by molar-refractivity contribution is 7.21. The first kappa shape index (κ1) is 21.0. The Morgan fingerprint density at radius 3 is 2.97 bits per heavy atom. The van der Waals surface area contributed by atoms with Crippen molar-refractivity contribution in [3.05, 3.63) is 40.2 Å². The van der Waals surface area contributed by atoms with E-state index in [4.69, 9.17) is 16.5 Å². The van der Waals surface area contributed by atoms with E-state index < -0.39 is 6.67 Å². The number of halogens is 1. The van der Waals surface area contributed by atoms with Crippen molar-refractivity contribution in [2.24, 2.45) is 11.7 Å². The van der Waals surface area contributed by atoms with Gasteiger partial charge in [-0.15, -0.1) is 11.3 Å². The molecule has 1 saturated heterocycles. The van der Waals surface area contributed by atoms with Gasteiger partial charge in [-0.25, -0.2) is 15.0 Å². The number of anilines is 2. The molecule has 3 atom stereocenters. The van der Waals surface area contributed by atoms with Gasteiger partial charge < -0.3 is 21.7 Å². The number of rotatable bonds is 4. The molecule has 0 bridgehead atoms. The SMILES string of the molecule is Cc1cnc2c(N)c(C(=O)NC3CCc4nc(N5CC(N)C(CF)C5)ccc4C3)sc2n1. The van der Waals surface area contributed by atoms with E-state index in [0.717, 1.165) is 35.6 Å². The molecule has 0 spiro atoms. The van der Waals surface area contributed by atoms with Crippen molar-refractivity contribution in [1.82, 2.24) is 20.3 Å². The van der Waals surface area contributed by atoms with Gasteiger partial charge in [0.1, 0.15) is 21.0 Å². The minimum absolute atomic E-state index is 0.00560. The normalized spacial score (nSPS) is 22.8. The number of nitrogens with zero attached hydrogens (tertiary/aromatic N) is 4. The maximum Gasteiger partial charge on any atom is 0.263 e. The molecule has 1 aliphatic carbocycles. The largest absolute Gasteiger partial charge is 0.396 e. The molecule has 32 heavy (non-hydrogen) atoms. The highest BCUT2D eigenvalue weighted by Gasteiger charge is 2.31. The third kappa shape index (κ3) is 3.77. The van der Waals surface area contributed by atoms with E-state index >= 15 is 0 Å². The molecule has 0 aromatic carbocycles. The number of alkyl halides is 1. The summed E-state index contributed by atoms with van der Waals surface area (Å²) in [5.74, 6) is 0.528. The molecule has 8 nitrogen and oxygen atoms in total. The first-order valence-electron chi connectivity index (χ1n) is 10.8. The summed E-state index contributed by atoms with van der Waals surface area (Å²) in [7, 11) is 0. The summed E-state index contributed by atoms with van der Waals surface area (Å²) >= 11 is 1.27. The number of nitrogens with two attached hydrogens (primary N) is 2.